The minimum absolute atomic E-state index is 0.0447. The fourth-order valence-corrected chi connectivity index (χ4v) is 2.87. The SMILES string of the molecule is COc1ccc(OCC(=O)N2CCSC2C)cc1. The van der Waals surface area contributed by atoms with Crippen LogP contribution < -0.4 is 9.47 Å². The first-order valence-corrected chi connectivity index (χ1v) is 6.93. The molecule has 1 amide bonds. The van der Waals surface area contributed by atoms with Crippen LogP contribution in [0.4, 0.5) is 0 Å². The predicted octanol–water partition coefficient (Wildman–Crippen LogP) is 2.00. The van der Waals surface area contributed by atoms with Crippen LogP contribution in [0.15, 0.2) is 24.3 Å². The fraction of sp³-hybridized carbons (Fsp3) is 0.462. The second-order valence-electron chi connectivity index (χ2n) is 4.02. The number of hydrogen-bond donors (Lipinski definition) is 0. The van der Waals surface area contributed by atoms with E-state index in [0.29, 0.717) is 5.75 Å². The Balaban J connectivity index is 1.85. The van der Waals surface area contributed by atoms with Gasteiger partial charge in [0.1, 0.15) is 11.5 Å². The Morgan fingerprint density at radius 3 is 2.61 bits per heavy atom. The van der Waals surface area contributed by atoms with Crippen molar-refractivity contribution in [3.8, 4) is 11.5 Å². The number of hydrogen-bond acceptors (Lipinski definition) is 4. The first-order chi connectivity index (χ1) is 8.70. The number of amides is 1. The highest BCUT2D eigenvalue weighted by molar-refractivity contribution is 8.00. The Morgan fingerprint density at radius 2 is 2.06 bits per heavy atom. The van der Waals surface area contributed by atoms with Crippen LogP contribution in [0.5, 0.6) is 11.5 Å². The third-order valence-electron chi connectivity index (χ3n) is 2.87. The van der Waals surface area contributed by atoms with Crippen LogP contribution >= 0.6 is 11.8 Å². The summed E-state index contributed by atoms with van der Waals surface area (Å²) in [5.41, 5.74) is 0. The van der Waals surface area contributed by atoms with E-state index in [9.17, 15) is 4.79 Å². The number of carbonyl (C=O) groups excluding carboxylic acids is 1. The predicted molar refractivity (Wildman–Crippen MR) is 72.1 cm³/mol. The summed E-state index contributed by atoms with van der Waals surface area (Å²) in [6.07, 6.45) is 0. The lowest BCUT2D eigenvalue weighted by atomic mass is 10.3. The summed E-state index contributed by atoms with van der Waals surface area (Å²) in [5.74, 6) is 2.51. The zero-order valence-electron chi connectivity index (χ0n) is 10.6. The van der Waals surface area contributed by atoms with Crippen LogP contribution in [0.1, 0.15) is 6.92 Å². The zero-order chi connectivity index (χ0) is 13.0. The van der Waals surface area contributed by atoms with Crippen molar-refractivity contribution in [3.63, 3.8) is 0 Å². The lowest BCUT2D eigenvalue weighted by Crippen LogP contribution is -2.36. The van der Waals surface area contributed by atoms with Gasteiger partial charge in [-0.25, -0.2) is 0 Å². The maximum Gasteiger partial charge on any atom is 0.261 e. The molecule has 5 heteroatoms. The van der Waals surface area contributed by atoms with Gasteiger partial charge in [-0.3, -0.25) is 4.79 Å². The number of benzene rings is 1. The van der Waals surface area contributed by atoms with Crippen molar-refractivity contribution in [2.45, 2.75) is 12.3 Å². The van der Waals surface area contributed by atoms with E-state index < -0.39 is 0 Å². The smallest absolute Gasteiger partial charge is 0.261 e. The van der Waals surface area contributed by atoms with E-state index in [1.165, 1.54) is 0 Å². The fourth-order valence-electron chi connectivity index (χ4n) is 1.82. The molecular weight excluding hydrogens is 250 g/mol. The number of ether oxygens (including phenoxy) is 2. The molecule has 1 fully saturated rings. The molecule has 2 rings (SSSR count). The van der Waals surface area contributed by atoms with Crippen molar-refractivity contribution in [1.29, 1.82) is 0 Å². The molecule has 0 aliphatic carbocycles. The molecule has 1 aromatic rings. The van der Waals surface area contributed by atoms with Crippen LogP contribution in [0.3, 0.4) is 0 Å². The Labute approximate surface area is 111 Å². The van der Waals surface area contributed by atoms with Gasteiger partial charge in [-0.1, -0.05) is 0 Å². The largest absolute Gasteiger partial charge is 0.497 e. The number of carbonyl (C=O) groups is 1. The number of methoxy groups -OCH3 is 1. The van der Waals surface area contributed by atoms with Crippen molar-refractivity contribution in [3.05, 3.63) is 24.3 Å². The van der Waals surface area contributed by atoms with Gasteiger partial charge in [-0.15, -0.1) is 11.8 Å². The molecule has 0 saturated carbocycles. The Bertz CT molecular complexity index is 407. The second kappa shape index (κ2) is 6.00. The lowest BCUT2D eigenvalue weighted by Gasteiger charge is -2.20. The second-order valence-corrected chi connectivity index (χ2v) is 5.45. The van der Waals surface area contributed by atoms with E-state index in [-0.39, 0.29) is 17.9 Å². The molecule has 1 atom stereocenters. The minimum atomic E-state index is 0.0447. The molecule has 18 heavy (non-hydrogen) atoms. The molecule has 0 N–H and O–H groups in total. The molecule has 1 aliphatic rings. The highest BCUT2D eigenvalue weighted by atomic mass is 32.2. The standard InChI is InChI=1S/C13H17NO3S/c1-10-14(7-8-18-10)13(15)9-17-12-5-3-11(16-2)4-6-12/h3-6,10H,7-9H2,1-2H3. The molecule has 1 aromatic carbocycles. The molecular formula is C13H17NO3S. The Hall–Kier alpha value is -1.36. The zero-order valence-corrected chi connectivity index (χ0v) is 11.4. The molecule has 0 aromatic heterocycles. The van der Waals surface area contributed by atoms with Gasteiger partial charge in [0.15, 0.2) is 6.61 Å². The summed E-state index contributed by atoms with van der Waals surface area (Å²) in [7, 11) is 1.62. The van der Waals surface area contributed by atoms with Crippen molar-refractivity contribution in [2.75, 3.05) is 26.0 Å². The van der Waals surface area contributed by atoms with Gasteiger partial charge in [0.05, 0.1) is 12.5 Å². The first kappa shape index (κ1) is 13.1. The molecule has 98 valence electrons. The molecule has 0 radical (unpaired) electrons. The van der Waals surface area contributed by atoms with Gasteiger partial charge >= 0.3 is 0 Å². The van der Waals surface area contributed by atoms with Gasteiger partial charge in [-0.05, 0) is 31.2 Å². The topological polar surface area (TPSA) is 38.8 Å². The third kappa shape index (κ3) is 3.10. The number of nitrogens with zero attached hydrogens (tertiary/aromatic N) is 1. The average molecular weight is 267 g/mol. The van der Waals surface area contributed by atoms with Crippen LogP contribution in [0, 0.1) is 0 Å². The highest BCUT2D eigenvalue weighted by Gasteiger charge is 2.25. The van der Waals surface area contributed by atoms with Crippen molar-refractivity contribution < 1.29 is 14.3 Å². The van der Waals surface area contributed by atoms with Gasteiger partial charge in [0.25, 0.3) is 5.91 Å². The van der Waals surface area contributed by atoms with Gasteiger partial charge in [-0.2, -0.15) is 0 Å². The first-order valence-electron chi connectivity index (χ1n) is 5.88. The summed E-state index contributed by atoms with van der Waals surface area (Å²) in [5, 5.41) is 0.261. The van der Waals surface area contributed by atoms with Crippen molar-refractivity contribution in [1.82, 2.24) is 4.90 Å². The van der Waals surface area contributed by atoms with E-state index >= 15 is 0 Å². The summed E-state index contributed by atoms with van der Waals surface area (Å²) >= 11 is 1.79. The molecule has 4 nitrogen and oxygen atoms in total. The van der Waals surface area contributed by atoms with Crippen LogP contribution in [0.25, 0.3) is 0 Å². The molecule has 0 spiro atoms. The molecule has 1 aliphatic heterocycles. The maximum absolute atomic E-state index is 11.9. The van der Waals surface area contributed by atoms with E-state index in [0.717, 1.165) is 18.0 Å². The number of thioether (sulfide) groups is 1. The van der Waals surface area contributed by atoms with Gasteiger partial charge < -0.3 is 14.4 Å². The van der Waals surface area contributed by atoms with E-state index in [4.69, 9.17) is 9.47 Å². The van der Waals surface area contributed by atoms with Gasteiger partial charge in [0.2, 0.25) is 0 Å². The van der Waals surface area contributed by atoms with Crippen molar-refractivity contribution in [2.24, 2.45) is 0 Å². The number of rotatable bonds is 4. The molecule has 1 heterocycles. The quantitative estimate of drug-likeness (QED) is 0.836. The molecule has 1 saturated heterocycles. The molecule has 0 bridgehead atoms. The van der Waals surface area contributed by atoms with Gasteiger partial charge in [0, 0.05) is 12.3 Å². The Kier molecular flexibility index (Phi) is 4.36. The normalized spacial score (nSPS) is 18.8. The Morgan fingerprint density at radius 1 is 1.39 bits per heavy atom. The van der Waals surface area contributed by atoms with E-state index in [2.05, 4.69) is 0 Å². The summed E-state index contributed by atoms with van der Waals surface area (Å²) in [4.78, 5) is 13.8. The van der Waals surface area contributed by atoms with Crippen LogP contribution in [-0.4, -0.2) is 42.2 Å². The van der Waals surface area contributed by atoms with E-state index in [1.54, 1.807) is 31.0 Å². The summed E-state index contributed by atoms with van der Waals surface area (Å²) in [6.45, 7) is 2.96. The highest BCUT2D eigenvalue weighted by Crippen LogP contribution is 2.23. The maximum atomic E-state index is 11.9. The summed E-state index contributed by atoms with van der Waals surface area (Å²) in [6, 6.07) is 7.23. The third-order valence-corrected chi connectivity index (χ3v) is 4.03. The summed E-state index contributed by atoms with van der Waals surface area (Å²) < 4.78 is 10.5. The van der Waals surface area contributed by atoms with Crippen molar-refractivity contribution >= 4 is 17.7 Å². The monoisotopic (exact) mass is 267 g/mol. The van der Waals surface area contributed by atoms with Crippen LogP contribution in [0.2, 0.25) is 0 Å². The lowest BCUT2D eigenvalue weighted by molar-refractivity contribution is -0.133. The van der Waals surface area contributed by atoms with E-state index in [1.807, 2.05) is 24.0 Å². The average Bonchev–Trinajstić information content (AvgIpc) is 2.83. The molecule has 1 unspecified atom stereocenters. The minimum Gasteiger partial charge on any atom is -0.497 e. The van der Waals surface area contributed by atoms with Crippen LogP contribution in [-0.2, 0) is 4.79 Å².